The van der Waals surface area contributed by atoms with Crippen molar-refractivity contribution in [2.24, 2.45) is 5.73 Å². The number of ether oxygens (including phenoxy) is 1. The zero-order chi connectivity index (χ0) is 14.0. The maximum absolute atomic E-state index is 5.63. The van der Waals surface area contributed by atoms with E-state index in [0.717, 1.165) is 22.6 Å². The van der Waals surface area contributed by atoms with E-state index in [4.69, 9.17) is 22.7 Å². The molecule has 0 unspecified atom stereocenters. The van der Waals surface area contributed by atoms with E-state index in [1.165, 1.54) is 0 Å². The Labute approximate surface area is 117 Å². The minimum Gasteiger partial charge on any atom is -0.496 e. The van der Waals surface area contributed by atoms with Crippen LogP contribution in [-0.4, -0.2) is 26.6 Å². The molecule has 100 valence electrons. The van der Waals surface area contributed by atoms with Crippen LogP contribution in [0.4, 0.5) is 0 Å². The second kappa shape index (κ2) is 5.36. The van der Waals surface area contributed by atoms with E-state index in [2.05, 4.69) is 9.97 Å². The number of nitrogens with two attached hydrogens (primary N) is 1. The topological polar surface area (TPSA) is 66.0 Å². The molecule has 5 nitrogen and oxygen atoms in total. The van der Waals surface area contributed by atoms with Crippen molar-refractivity contribution in [3.05, 3.63) is 41.2 Å². The second-order valence-corrected chi connectivity index (χ2v) is 4.73. The van der Waals surface area contributed by atoms with Gasteiger partial charge in [0.15, 0.2) is 5.82 Å². The van der Waals surface area contributed by atoms with Crippen LogP contribution in [0.2, 0.25) is 0 Å². The van der Waals surface area contributed by atoms with Crippen LogP contribution in [0.15, 0.2) is 18.6 Å². The Bertz CT molecular complexity index is 621. The molecule has 2 N–H and O–H groups in total. The predicted molar refractivity (Wildman–Crippen MR) is 77.5 cm³/mol. The molecule has 2 rings (SSSR count). The number of nitrogens with zero attached hydrogens (tertiary/aromatic N) is 3. The Morgan fingerprint density at radius 3 is 2.79 bits per heavy atom. The Kier molecular flexibility index (Phi) is 3.80. The monoisotopic (exact) mass is 276 g/mol. The summed E-state index contributed by atoms with van der Waals surface area (Å²) in [5.41, 5.74) is 8.58. The fraction of sp³-hybridized carbons (Fsp3) is 0.308. The van der Waals surface area contributed by atoms with Gasteiger partial charge >= 0.3 is 0 Å². The molecule has 0 saturated heterocycles. The maximum atomic E-state index is 5.63. The normalized spacial score (nSPS) is 10.5. The fourth-order valence-electron chi connectivity index (χ4n) is 2.05. The van der Waals surface area contributed by atoms with Crippen LogP contribution in [0, 0.1) is 13.8 Å². The van der Waals surface area contributed by atoms with Crippen LogP contribution in [0.5, 0.6) is 5.75 Å². The minimum absolute atomic E-state index is 0.279. The van der Waals surface area contributed by atoms with Gasteiger partial charge in [-0.3, -0.25) is 4.98 Å². The van der Waals surface area contributed by atoms with Crippen molar-refractivity contribution < 1.29 is 4.74 Å². The van der Waals surface area contributed by atoms with Crippen LogP contribution in [0.1, 0.15) is 22.6 Å². The summed E-state index contributed by atoms with van der Waals surface area (Å²) in [6.45, 7) is 4.53. The molecule has 0 fully saturated rings. The number of hydrogen-bond donors (Lipinski definition) is 1. The summed E-state index contributed by atoms with van der Waals surface area (Å²) in [7, 11) is 1.66. The van der Waals surface area contributed by atoms with Gasteiger partial charge in [-0.1, -0.05) is 12.2 Å². The third-order valence-corrected chi connectivity index (χ3v) is 3.19. The van der Waals surface area contributed by atoms with Crippen LogP contribution in [0.3, 0.4) is 0 Å². The average Bonchev–Trinajstić information content (AvgIpc) is 2.82. The van der Waals surface area contributed by atoms with Crippen molar-refractivity contribution in [3.63, 3.8) is 0 Å². The molecule has 0 aliphatic rings. The van der Waals surface area contributed by atoms with E-state index >= 15 is 0 Å². The lowest BCUT2D eigenvalue weighted by Crippen LogP contribution is -2.18. The van der Waals surface area contributed by atoms with Crippen molar-refractivity contribution in [1.29, 1.82) is 0 Å². The lowest BCUT2D eigenvalue weighted by atomic mass is 10.1. The number of aryl methyl sites for hydroxylation is 1. The van der Waals surface area contributed by atoms with E-state index in [1.807, 2.05) is 24.6 Å². The molecule has 0 aliphatic carbocycles. The molecule has 0 atom stereocenters. The Morgan fingerprint density at radius 1 is 1.42 bits per heavy atom. The quantitative estimate of drug-likeness (QED) is 0.859. The largest absolute Gasteiger partial charge is 0.496 e. The van der Waals surface area contributed by atoms with Crippen molar-refractivity contribution in [2.45, 2.75) is 20.4 Å². The van der Waals surface area contributed by atoms with E-state index in [9.17, 15) is 0 Å². The molecule has 2 aromatic heterocycles. The van der Waals surface area contributed by atoms with Crippen molar-refractivity contribution >= 4 is 17.2 Å². The van der Waals surface area contributed by atoms with Gasteiger partial charge in [0.25, 0.3) is 0 Å². The van der Waals surface area contributed by atoms with Gasteiger partial charge < -0.3 is 15.0 Å². The van der Waals surface area contributed by atoms with Gasteiger partial charge in [-0.2, -0.15) is 0 Å². The van der Waals surface area contributed by atoms with Crippen molar-refractivity contribution in [3.8, 4) is 5.75 Å². The minimum atomic E-state index is 0.279. The summed E-state index contributed by atoms with van der Waals surface area (Å²) in [6, 6.07) is 0. The molecule has 2 heterocycles. The predicted octanol–water partition coefficient (Wildman–Crippen LogP) is 1.59. The third kappa shape index (κ3) is 2.58. The summed E-state index contributed by atoms with van der Waals surface area (Å²) in [5.74, 6) is 1.46. The van der Waals surface area contributed by atoms with Gasteiger partial charge in [0.05, 0.1) is 19.3 Å². The zero-order valence-electron chi connectivity index (χ0n) is 11.2. The molecule has 0 bridgehead atoms. The number of thiocarbonyl (C=S) groups is 1. The third-order valence-electron chi connectivity index (χ3n) is 3.01. The van der Waals surface area contributed by atoms with E-state index < -0.39 is 0 Å². The lowest BCUT2D eigenvalue weighted by molar-refractivity contribution is 0.406. The molecular formula is C13H16N4OS. The van der Waals surface area contributed by atoms with Gasteiger partial charge in [0.1, 0.15) is 10.7 Å². The maximum Gasteiger partial charge on any atom is 0.167 e. The first-order valence-corrected chi connectivity index (χ1v) is 6.25. The molecule has 0 aliphatic heterocycles. The van der Waals surface area contributed by atoms with Gasteiger partial charge in [0, 0.05) is 29.7 Å². The SMILES string of the molecule is COc1c(C)cnc(Cn2ccnc2C(N)=S)c1C. The first-order valence-electron chi connectivity index (χ1n) is 5.84. The highest BCUT2D eigenvalue weighted by Crippen LogP contribution is 2.24. The fourth-order valence-corrected chi connectivity index (χ4v) is 2.22. The molecular weight excluding hydrogens is 260 g/mol. The van der Waals surface area contributed by atoms with Crippen LogP contribution < -0.4 is 10.5 Å². The van der Waals surface area contributed by atoms with Crippen molar-refractivity contribution in [2.75, 3.05) is 7.11 Å². The Hall–Kier alpha value is -1.95. The second-order valence-electron chi connectivity index (χ2n) is 4.29. The van der Waals surface area contributed by atoms with Crippen LogP contribution in [-0.2, 0) is 6.54 Å². The number of aromatic nitrogens is 3. The van der Waals surface area contributed by atoms with Crippen LogP contribution in [0.25, 0.3) is 0 Å². The smallest absolute Gasteiger partial charge is 0.167 e. The first-order chi connectivity index (χ1) is 9.04. The number of methoxy groups -OCH3 is 1. The summed E-state index contributed by atoms with van der Waals surface area (Å²) < 4.78 is 7.28. The molecule has 2 aromatic rings. The number of pyridine rings is 1. The van der Waals surface area contributed by atoms with E-state index in [-0.39, 0.29) is 4.99 Å². The average molecular weight is 276 g/mol. The summed E-state index contributed by atoms with van der Waals surface area (Å²) >= 11 is 4.97. The first kappa shape index (κ1) is 13.5. The zero-order valence-corrected chi connectivity index (χ0v) is 12.0. The van der Waals surface area contributed by atoms with Crippen LogP contribution >= 0.6 is 12.2 Å². The molecule has 0 spiro atoms. The van der Waals surface area contributed by atoms with Gasteiger partial charge in [-0.15, -0.1) is 0 Å². The molecule has 0 aromatic carbocycles. The molecule has 19 heavy (non-hydrogen) atoms. The van der Waals surface area contributed by atoms with E-state index in [0.29, 0.717) is 12.4 Å². The summed E-state index contributed by atoms with van der Waals surface area (Å²) in [6.07, 6.45) is 5.32. The lowest BCUT2D eigenvalue weighted by Gasteiger charge is -2.13. The van der Waals surface area contributed by atoms with E-state index in [1.54, 1.807) is 19.5 Å². The highest BCUT2D eigenvalue weighted by Gasteiger charge is 2.12. The Morgan fingerprint density at radius 2 is 2.16 bits per heavy atom. The van der Waals surface area contributed by atoms with Crippen molar-refractivity contribution in [1.82, 2.24) is 14.5 Å². The summed E-state index contributed by atoms with van der Waals surface area (Å²) in [5, 5.41) is 0. The standard InChI is InChI=1S/C13H16N4OS/c1-8-6-16-10(9(2)11(8)18-3)7-17-5-4-15-13(17)12(14)19/h4-6H,7H2,1-3H3,(H2,14,19). The van der Waals surface area contributed by atoms with Gasteiger partial charge in [0.2, 0.25) is 0 Å². The number of imidazole rings is 1. The molecule has 6 heteroatoms. The molecule has 0 radical (unpaired) electrons. The van der Waals surface area contributed by atoms with Gasteiger partial charge in [-0.05, 0) is 13.8 Å². The summed E-state index contributed by atoms with van der Waals surface area (Å²) in [4.78, 5) is 8.87. The van der Waals surface area contributed by atoms with Gasteiger partial charge in [-0.25, -0.2) is 4.98 Å². The number of rotatable bonds is 4. The number of hydrogen-bond acceptors (Lipinski definition) is 4. The molecule has 0 saturated carbocycles. The Balaban J connectivity index is 2.39. The molecule has 0 amide bonds. The highest BCUT2D eigenvalue weighted by molar-refractivity contribution is 7.80. The highest BCUT2D eigenvalue weighted by atomic mass is 32.1.